The lowest BCUT2D eigenvalue weighted by Crippen LogP contribution is -2.21. The summed E-state index contributed by atoms with van der Waals surface area (Å²) in [5, 5.41) is 3.90. The molecular weight excluding hydrogens is 460 g/mol. The van der Waals surface area contributed by atoms with E-state index in [0.717, 1.165) is 47.6 Å². The zero-order valence-electron chi connectivity index (χ0n) is 17.0. The summed E-state index contributed by atoms with van der Waals surface area (Å²) in [6.45, 7) is 5.90. The second-order valence-electron chi connectivity index (χ2n) is 7.25. The fraction of sp³-hybridized carbons (Fsp3) is 0.167. The Morgan fingerprint density at radius 1 is 1.07 bits per heavy atom. The molecule has 152 valence electrons. The van der Waals surface area contributed by atoms with Crippen LogP contribution in [0.25, 0.3) is 20.8 Å². The second-order valence-corrected chi connectivity index (χ2v) is 9.13. The van der Waals surface area contributed by atoms with Gasteiger partial charge >= 0.3 is 0 Å². The van der Waals surface area contributed by atoms with Crippen molar-refractivity contribution >= 4 is 49.1 Å². The maximum absolute atomic E-state index is 12.6. The smallest absolute Gasteiger partial charge is 0.262 e. The van der Waals surface area contributed by atoms with E-state index in [2.05, 4.69) is 27.3 Å². The highest BCUT2D eigenvalue weighted by Gasteiger charge is 2.12. The number of aromatic nitrogens is 1. The largest absolute Gasteiger partial charge is 0.482 e. The van der Waals surface area contributed by atoms with Crippen molar-refractivity contribution in [3.63, 3.8) is 0 Å². The van der Waals surface area contributed by atoms with Crippen LogP contribution < -0.4 is 10.1 Å². The molecule has 1 N–H and O–H groups in total. The summed E-state index contributed by atoms with van der Waals surface area (Å²) in [7, 11) is 0. The molecule has 30 heavy (non-hydrogen) atoms. The number of nitrogens with zero attached hydrogens (tertiary/aromatic N) is 1. The predicted molar refractivity (Wildman–Crippen MR) is 128 cm³/mol. The third kappa shape index (κ3) is 4.40. The number of carbonyl (C=O) groups excluding carboxylic acids is 1. The van der Waals surface area contributed by atoms with Crippen LogP contribution in [-0.2, 0) is 4.79 Å². The average molecular weight is 481 g/mol. The lowest BCUT2D eigenvalue weighted by molar-refractivity contribution is -0.118. The number of aryl methyl sites for hydroxylation is 3. The van der Waals surface area contributed by atoms with E-state index >= 15 is 0 Å². The van der Waals surface area contributed by atoms with Crippen molar-refractivity contribution in [2.24, 2.45) is 0 Å². The van der Waals surface area contributed by atoms with Gasteiger partial charge in [0, 0.05) is 11.3 Å². The quantitative estimate of drug-likeness (QED) is 0.347. The van der Waals surface area contributed by atoms with E-state index in [1.165, 1.54) is 0 Å². The Balaban J connectivity index is 1.50. The number of hydrogen-bond donors (Lipinski definition) is 1. The number of carbonyl (C=O) groups is 1. The summed E-state index contributed by atoms with van der Waals surface area (Å²) in [5.41, 5.74) is 5.84. The van der Waals surface area contributed by atoms with Gasteiger partial charge in [-0.15, -0.1) is 11.3 Å². The third-order valence-corrected chi connectivity index (χ3v) is 6.45. The van der Waals surface area contributed by atoms with Gasteiger partial charge in [-0.3, -0.25) is 4.79 Å². The number of thiazole rings is 1. The normalized spacial score (nSPS) is 10.9. The first-order chi connectivity index (χ1) is 14.4. The van der Waals surface area contributed by atoms with Crippen LogP contribution in [0, 0.1) is 20.8 Å². The third-order valence-electron chi connectivity index (χ3n) is 4.77. The van der Waals surface area contributed by atoms with Crippen molar-refractivity contribution in [2.45, 2.75) is 20.8 Å². The minimum Gasteiger partial charge on any atom is -0.482 e. The molecule has 4 nitrogen and oxygen atoms in total. The average Bonchev–Trinajstić information content (AvgIpc) is 3.13. The highest BCUT2D eigenvalue weighted by molar-refractivity contribution is 9.10. The minimum atomic E-state index is -0.202. The molecule has 4 aromatic rings. The summed E-state index contributed by atoms with van der Waals surface area (Å²) in [6, 6.07) is 18.1. The minimum absolute atomic E-state index is 0.0622. The summed E-state index contributed by atoms with van der Waals surface area (Å²) in [4.78, 5) is 17.3. The van der Waals surface area contributed by atoms with E-state index in [1.807, 2.05) is 69.3 Å². The Morgan fingerprint density at radius 3 is 2.63 bits per heavy atom. The lowest BCUT2D eigenvalue weighted by atomic mass is 10.1. The Morgan fingerprint density at radius 2 is 1.87 bits per heavy atom. The van der Waals surface area contributed by atoms with Crippen molar-refractivity contribution in [1.29, 1.82) is 0 Å². The number of fused-ring (bicyclic) bond motifs is 1. The van der Waals surface area contributed by atoms with Crippen LogP contribution in [0.4, 0.5) is 5.69 Å². The summed E-state index contributed by atoms with van der Waals surface area (Å²) in [5.74, 6) is 0.488. The van der Waals surface area contributed by atoms with Gasteiger partial charge in [0.15, 0.2) is 6.61 Å². The molecule has 0 saturated carbocycles. The van der Waals surface area contributed by atoms with Crippen LogP contribution in [0.15, 0.2) is 59.1 Å². The maximum atomic E-state index is 12.6. The van der Waals surface area contributed by atoms with Gasteiger partial charge in [0.1, 0.15) is 10.8 Å². The summed E-state index contributed by atoms with van der Waals surface area (Å²) in [6.07, 6.45) is 0. The first kappa shape index (κ1) is 20.6. The Labute approximate surface area is 188 Å². The molecule has 0 aliphatic heterocycles. The van der Waals surface area contributed by atoms with E-state index in [-0.39, 0.29) is 12.5 Å². The highest BCUT2D eigenvalue weighted by atomic mass is 79.9. The van der Waals surface area contributed by atoms with Crippen molar-refractivity contribution in [3.8, 4) is 16.3 Å². The summed E-state index contributed by atoms with van der Waals surface area (Å²) >= 11 is 5.16. The van der Waals surface area contributed by atoms with E-state index in [9.17, 15) is 4.79 Å². The fourth-order valence-corrected chi connectivity index (χ4v) is 5.04. The van der Waals surface area contributed by atoms with Crippen LogP contribution >= 0.6 is 27.3 Å². The van der Waals surface area contributed by atoms with Gasteiger partial charge in [-0.25, -0.2) is 4.98 Å². The molecule has 0 bridgehead atoms. The number of ether oxygens (including phenoxy) is 1. The van der Waals surface area contributed by atoms with E-state index in [0.29, 0.717) is 5.75 Å². The molecule has 0 aliphatic carbocycles. The molecule has 4 rings (SSSR count). The van der Waals surface area contributed by atoms with Crippen LogP contribution in [0.1, 0.15) is 16.7 Å². The molecule has 0 saturated heterocycles. The molecular formula is C24H21BrN2O2S. The number of amides is 1. The number of benzene rings is 3. The van der Waals surface area contributed by atoms with Crippen molar-refractivity contribution in [2.75, 3.05) is 11.9 Å². The molecule has 1 aromatic heterocycles. The molecule has 1 heterocycles. The number of hydrogen-bond acceptors (Lipinski definition) is 4. The van der Waals surface area contributed by atoms with Gasteiger partial charge in [0.2, 0.25) is 0 Å². The zero-order chi connectivity index (χ0) is 21.3. The molecule has 0 unspecified atom stereocenters. The fourth-order valence-electron chi connectivity index (χ4n) is 3.29. The Kier molecular flexibility index (Phi) is 5.88. The number of para-hydroxylation sites is 1. The topological polar surface area (TPSA) is 51.2 Å². The maximum Gasteiger partial charge on any atom is 0.262 e. The standard InChI is InChI=1S/C24H21BrN2O2S/c1-14-10-16(3)23(18(25)11-14)29-13-22(28)26-20-12-17(9-8-15(20)2)24-27-19-6-4-5-7-21(19)30-24/h4-12H,13H2,1-3H3,(H,26,28). The molecule has 0 aliphatic rings. The highest BCUT2D eigenvalue weighted by Crippen LogP contribution is 2.33. The van der Waals surface area contributed by atoms with Crippen LogP contribution in [0.2, 0.25) is 0 Å². The predicted octanol–water partition coefficient (Wildman–Crippen LogP) is 6.67. The number of halogens is 1. The molecule has 0 spiro atoms. The number of rotatable bonds is 5. The molecule has 1 amide bonds. The molecule has 0 radical (unpaired) electrons. The van der Waals surface area contributed by atoms with Gasteiger partial charge < -0.3 is 10.1 Å². The second kappa shape index (κ2) is 8.58. The van der Waals surface area contributed by atoms with Crippen molar-refractivity contribution in [1.82, 2.24) is 4.98 Å². The number of nitrogens with one attached hydrogen (secondary N) is 1. The monoisotopic (exact) mass is 480 g/mol. The lowest BCUT2D eigenvalue weighted by Gasteiger charge is -2.13. The molecule has 0 atom stereocenters. The first-order valence-electron chi connectivity index (χ1n) is 9.57. The summed E-state index contributed by atoms with van der Waals surface area (Å²) < 4.78 is 7.78. The van der Waals surface area contributed by atoms with Gasteiger partial charge in [-0.1, -0.05) is 30.3 Å². The number of anilines is 1. The van der Waals surface area contributed by atoms with E-state index in [4.69, 9.17) is 9.72 Å². The van der Waals surface area contributed by atoms with Crippen molar-refractivity contribution in [3.05, 3.63) is 75.8 Å². The van der Waals surface area contributed by atoms with Gasteiger partial charge in [-0.05, 0) is 77.7 Å². The van der Waals surface area contributed by atoms with Gasteiger partial charge in [0.25, 0.3) is 5.91 Å². The zero-order valence-corrected chi connectivity index (χ0v) is 19.4. The molecule has 6 heteroatoms. The Bertz CT molecular complexity index is 1190. The molecule has 0 fully saturated rings. The van der Waals surface area contributed by atoms with E-state index < -0.39 is 0 Å². The Hall–Kier alpha value is -2.70. The van der Waals surface area contributed by atoms with Crippen LogP contribution in [-0.4, -0.2) is 17.5 Å². The van der Waals surface area contributed by atoms with Gasteiger partial charge in [0.05, 0.1) is 14.7 Å². The van der Waals surface area contributed by atoms with Gasteiger partial charge in [-0.2, -0.15) is 0 Å². The van der Waals surface area contributed by atoms with Crippen molar-refractivity contribution < 1.29 is 9.53 Å². The van der Waals surface area contributed by atoms with E-state index in [1.54, 1.807) is 11.3 Å². The van der Waals surface area contributed by atoms with Crippen LogP contribution in [0.5, 0.6) is 5.75 Å². The first-order valence-corrected chi connectivity index (χ1v) is 11.2. The van der Waals surface area contributed by atoms with Crippen LogP contribution in [0.3, 0.4) is 0 Å². The SMILES string of the molecule is Cc1cc(C)c(OCC(=O)Nc2cc(-c3nc4ccccc4s3)ccc2C)c(Br)c1. The molecule has 3 aromatic carbocycles.